The van der Waals surface area contributed by atoms with Crippen molar-refractivity contribution in [3.8, 4) is 0 Å². The molecule has 48 heavy (non-hydrogen) atoms. The van der Waals surface area contributed by atoms with Gasteiger partial charge in [-0.25, -0.2) is 8.42 Å². The SMILES string of the molecule is Cc1ccc(S(=O)(=O)N(CC(=O)N(Cc2ccc(Cl)c(Cl)c2)C(Cc2ccccc2)C(=O)NC2CCCC2)c2ccc(C)c(Cl)c2)cc1. The number of carbonyl (C=O) groups is 2. The van der Waals surface area contributed by atoms with Crippen LogP contribution in [0.25, 0.3) is 0 Å². The number of halogens is 3. The lowest BCUT2D eigenvalue weighted by Gasteiger charge is -2.34. The molecule has 1 fully saturated rings. The van der Waals surface area contributed by atoms with Crippen molar-refractivity contribution < 1.29 is 18.0 Å². The molecule has 4 aromatic rings. The third-order valence-corrected chi connectivity index (χ3v) is 11.6. The van der Waals surface area contributed by atoms with E-state index in [9.17, 15) is 18.0 Å². The fourth-order valence-corrected chi connectivity index (χ4v) is 7.76. The van der Waals surface area contributed by atoms with E-state index in [1.807, 2.05) is 44.2 Å². The number of amides is 2. The summed E-state index contributed by atoms with van der Waals surface area (Å²) in [6.45, 7) is 3.07. The third kappa shape index (κ3) is 8.72. The first kappa shape index (κ1) is 35.7. The number of nitrogens with one attached hydrogen (secondary N) is 1. The summed E-state index contributed by atoms with van der Waals surface area (Å²) in [5.74, 6) is -0.874. The minimum Gasteiger partial charge on any atom is -0.352 e. The lowest BCUT2D eigenvalue weighted by atomic mass is 10.0. The maximum atomic E-state index is 14.7. The van der Waals surface area contributed by atoms with E-state index in [1.54, 1.807) is 42.5 Å². The van der Waals surface area contributed by atoms with E-state index in [1.165, 1.54) is 23.1 Å². The number of aryl methyl sites for hydroxylation is 2. The summed E-state index contributed by atoms with van der Waals surface area (Å²) in [5.41, 5.74) is 3.36. The maximum absolute atomic E-state index is 14.7. The molecule has 1 N–H and O–H groups in total. The number of rotatable bonds is 12. The number of sulfonamides is 1. The molecule has 4 aromatic carbocycles. The average Bonchev–Trinajstić information content (AvgIpc) is 3.58. The van der Waals surface area contributed by atoms with Gasteiger partial charge in [-0.3, -0.25) is 13.9 Å². The maximum Gasteiger partial charge on any atom is 0.264 e. The van der Waals surface area contributed by atoms with Gasteiger partial charge in [-0.1, -0.05) is 108 Å². The second-order valence-corrected chi connectivity index (χ2v) is 15.3. The van der Waals surface area contributed by atoms with E-state index in [0.29, 0.717) is 20.6 Å². The second kappa shape index (κ2) is 15.8. The summed E-state index contributed by atoms with van der Waals surface area (Å²) >= 11 is 19.1. The van der Waals surface area contributed by atoms with Gasteiger partial charge in [-0.15, -0.1) is 0 Å². The van der Waals surface area contributed by atoms with E-state index in [4.69, 9.17) is 34.8 Å². The quantitative estimate of drug-likeness (QED) is 0.160. The van der Waals surface area contributed by atoms with Gasteiger partial charge < -0.3 is 10.2 Å². The first-order chi connectivity index (χ1) is 22.9. The van der Waals surface area contributed by atoms with Gasteiger partial charge in [-0.2, -0.15) is 0 Å². The molecule has 0 bridgehead atoms. The fraction of sp³-hybridized carbons (Fsp3) is 0.297. The predicted octanol–water partition coefficient (Wildman–Crippen LogP) is 8.16. The predicted molar refractivity (Wildman–Crippen MR) is 193 cm³/mol. The van der Waals surface area contributed by atoms with E-state index in [2.05, 4.69) is 5.32 Å². The molecule has 252 valence electrons. The molecular formula is C37H38Cl3N3O4S. The topological polar surface area (TPSA) is 86.8 Å². The lowest BCUT2D eigenvalue weighted by molar-refractivity contribution is -0.140. The van der Waals surface area contributed by atoms with Crippen LogP contribution in [0.3, 0.4) is 0 Å². The van der Waals surface area contributed by atoms with Crippen molar-refractivity contribution >= 4 is 62.3 Å². The molecule has 1 atom stereocenters. The molecule has 1 aliphatic carbocycles. The van der Waals surface area contributed by atoms with E-state index in [0.717, 1.165) is 46.7 Å². The summed E-state index contributed by atoms with van der Waals surface area (Å²) in [6.07, 6.45) is 3.98. The van der Waals surface area contributed by atoms with Crippen LogP contribution in [0.2, 0.25) is 15.1 Å². The zero-order valence-electron chi connectivity index (χ0n) is 26.8. The molecule has 0 heterocycles. The van der Waals surface area contributed by atoms with Crippen LogP contribution in [0, 0.1) is 13.8 Å². The van der Waals surface area contributed by atoms with Crippen LogP contribution in [0.4, 0.5) is 5.69 Å². The minimum atomic E-state index is -4.25. The molecule has 0 spiro atoms. The summed E-state index contributed by atoms with van der Waals surface area (Å²) in [7, 11) is -4.25. The van der Waals surface area contributed by atoms with Crippen molar-refractivity contribution in [1.82, 2.24) is 10.2 Å². The molecule has 7 nitrogen and oxygen atoms in total. The molecule has 5 rings (SSSR count). The van der Waals surface area contributed by atoms with Crippen molar-refractivity contribution in [2.75, 3.05) is 10.8 Å². The third-order valence-electron chi connectivity index (χ3n) is 8.64. The zero-order chi connectivity index (χ0) is 34.4. The highest BCUT2D eigenvalue weighted by Gasteiger charge is 2.35. The van der Waals surface area contributed by atoms with Crippen molar-refractivity contribution in [2.45, 2.75) is 69.5 Å². The van der Waals surface area contributed by atoms with Gasteiger partial charge in [0.1, 0.15) is 12.6 Å². The Morgan fingerprint density at radius 1 is 0.812 bits per heavy atom. The van der Waals surface area contributed by atoms with Gasteiger partial charge in [0.2, 0.25) is 11.8 Å². The van der Waals surface area contributed by atoms with Crippen LogP contribution >= 0.6 is 34.8 Å². The second-order valence-electron chi connectivity index (χ2n) is 12.2. The Bertz CT molecular complexity index is 1860. The Hall–Kier alpha value is -3.56. The number of benzene rings is 4. The molecule has 2 amide bonds. The summed E-state index contributed by atoms with van der Waals surface area (Å²) in [6, 6.07) is 24.8. The molecule has 0 radical (unpaired) electrons. The number of nitrogens with zero attached hydrogens (tertiary/aromatic N) is 2. The molecule has 1 aliphatic rings. The van der Waals surface area contributed by atoms with Crippen LogP contribution in [0.1, 0.15) is 47.9 Å². The Morgan fingerprint density at radius 2 is 1.50 bits per heavy atom. The monoisotopic (exact) mass is 725 g/mol. The van der Waals surface area contributed by atoms with E-state index < -0.39 is 28.5 Å². The Morgan fingerprint density at radius 3 is 2.15 bits per heavy atom. The molecule has 0 aliphatic heterocycles. The largest absolute Gasteiger partial charge is 0.352 e. The van der Waals surface area contributed by atoms with Gasteiger partial charge in [0.05, 0.1) is 20.6 Å². The highest BCUT2D eigenvalue weighted by Crippen LogP contribution is 2.30. The van der Waals surface area contributed by atoms with Gasteiger partial charge >= 0.3 is 0 Å². The van der Waals surface area contributed by atoms with Crippen molar-refractivity contribution in [2.24, 2.45) is 0 Å². The van der Waals surface area contributed by atoms with Gasteiger partial charge in [-0.05, 0) is 79.8 Å². The number of carbonyl (C=O) groups excluding carboxylic acids is 2. The van der Waals surface area contributed by atoms with Crippen molar-refractivity contribution in [3.63, 3.8) is 0 Å². The molecule has 1 unspecified atom stereocenters. The summed E-state index contributed by atoms with van der Waals surface area (Å²) in [5, 5.41) is 4.18. The minimum absolute atomic E-state index is 0.00538. The fourth-order valence-electron chi connectivity index (χ4n) is 5.86. The molecular weight excluding hydrogens is 689 g/mol. The van der Waals surface area contributed by atoms with Gasteiger partial charge in [0.15, 0.2) is 0 Å². The van der Waals surface area contributed by atoms with Crippen LogP contribution in [0.15, 0.2) is 95.9 Å². The first-order valence-electron chi connectivity index (χ1n) is 15.9. The van der Waals surface area contributed by atoms with E-state index >= 15 is 0 Å². The molecule has 11 heteroatoms. The van der Waals surface area contributed by atoms with Crippen LogP contribution < -0.4 is 9.62 Å². The summed E-state index contributed by atoms with van der Waals surface area (Å²) in [4.78, 5) is 30.3. The Labute approximate surface area is 297 Å². The highest BCUT2D eigenvalue weighted by molar-refractivity contribution is 7.92. The van der Waals surface area contributed by atoms with Gasteiger partial charge in [0, 0.05) is 24.0 Å². The van der Waals surface area contributed by atoms with Crippen molar-refractivity contribution in [3.05, 3.63) is 128 Å². The Kier molecular flexibility index (Phi) is 11.7. The number of anilines is 1. The summed E-state index contributed by atoms with van der Waals surface area (Å²) < 4.78 is 29.6. The first-order valence-corrected chi connectivity index (χ1v) is 18.4. The van der Waals surface area contributed by atoms with Crippen LogP contribution in [-0.4, -0.2) is 43.8 Å². The van der Waals surface area contributed by atoms with Crippen LogP contribution in [-0.2, 0) is 32.6 Å². The molecule has 1 saturated carbocycles. The molecule has 0 aromatic heterocycles. The Balaban J connectivity index is 1.59. The van der Waals surface area contributed by atoms with E-state index in [-0.39, 0.29) is 35.5 Å². The van der Waals surface area contributed by atoms with Crippen LogP contribution in [0.5, 0.6) is 0 Å². The molecule has 0 saturated heterocycles. The standard InChI is InChI=1S/C37H38Cl3N3O4S/c1-25-12-17-31(18-13-25)48(46,47)43(30-16-14-26(2)33(39)22-30)24-36(44)42(23-28-15-19-32(38)34(40)20-28)35(21-27-8-4-3-5-9-27)37(45)41-29-10-6-7-11-29/h3-5,8-9,12-20,22,29,35H,6-7,10-11,21,23-24H2,1-2H3,(H,41,45). The lowest BCUT2D eigenvalue weighted by Crippen LogP contribution is -2.54. The number of hydrogen-bond acceptors (Lipinski definition) is 4. The van der Waals surface area contributed by atoms with Gasteiger partial charge in [0.25, 0.3) is 10.0 Å². The highest BCUT2D eigenvalue weighted by atomic mass is 35.5. The average molecular weight is 727 g/mol. The van der Waals surface area contributed by atoms with Crippen molar-refractivity contribution in [1.29, 1.82) is 0 Å². The zero-order valence-corrected chi connectivity index (χ0v) is 29.9. The number of hydrogen-bond donors (Lipinski definition) is 1. The normalized spacial score (nSPS) is 14.0. The smallest absolute Gasteiger partial charge is 0.264 e.